The summed E-state index contributed by atoms with van der Waals surface area (Å²) in [6.45, 7) is 3.66. The summed E-state index contributed by atoms with van der Waals surface area (Å²) < 4.78 is 13.0. The van der Waals surface area contributed by atoms with Crippen molar-refractivity contribution in [1.82, 2.24) is 24.9 Å². The maximum absolute atomic E-state index is 5.52. The lowest BCUT2D eigenvalue weighted by atomic mass is 10.0. The van der Waals surface area contributed by atoms with Gasteiger partial charge in [0.1, 0.15) is 11.0 Å². The van der Waals surface area contributed by atoms with Crippen molar-refractivity contribution in [2.75, 3.05) is 50.7 Å². The van der Waals surface area contributed by atoms with Gasteiger partial charge in [0.25, 0.3) is 0 Å². The van der Waals surface area contributed by atoms with Crippen LogP contribution < -0.4 is 25.1 Å². The van der Waals surface area contributed by atoms with Crippen molar-refractivity contribution < 1.29 is 9.47 Å². The largest absolute Gasteiger partial charge is 0.493 e. The van der Waals surface area contributed by atoms with E-state index < -0.39 is 0 Å². The SMILES string of the molecule is COc1ccc(-c2ccc3c4nc(N5CCNCC5)ncc4n(Nc4nccs4)c3c2)cc1OC. The first-order valence-electron chi connectivity index (χ1n) is 11.4. The molecule has 0 aliphatic carbocycles. The number of thiazole rings is 1. The summed E-state index contributed by atoms with van der Waals surface area (Å²) in [5.74, 6) is 2.15. The third kappa shape index (κ3) is 3.90. The zero-order chi connectivity index (χ0) is 23.8. The van der Waals surface area contributed by atoms with Gasteiger partial charge in [-0.2, -0.15) is 0 Å². The molecule has 2 aromatic carbocycles. The molecule has 5 aromatic rings. The van der Waals surface area contributed by atoms with Gasteiger partial charge >= 0.3 is 0 Å². The number of methoxy groups -OCH3 is 2. The minimum Gasteiger partial charge on any atom is -0.493 e. The Morgan fingerprint density at radius 3 is 2.51 bits per heavy atom. The average Bonchev–Trinajstić information content (AvgIpc) is 3.55. The van der Waals surface area contributed by atoms with Crippen molar-refractivity contribution in [2.24, 2.45) is 0 Å². The van der Waals surface area contributed by atoms with Crippen LogP contribution in [0.1, 0.15) is 0 Å². The molecule has 0 amide bonds. The smallest absolute Gasteiger partial charge is 0.226 e. The van der Waals surface area contributed by atoms with Crippen LogP contribution in [-0.4, -0.2) is 60.0 Å². The van der Waals surface area contributed by atoms with Crippen molar-refractivity contribution in [3.63, 3.8) is 0 Å². The number of piperazine rings is 1. The topological polar surface area (TPSA) is 89.4 Å². The lowest BCUT2D eigenvalue weighted by Gasteiger charge is -2.27. The van der Waals surface area contributed by atoms with Crippen LogP contribution in [-0.2, 0) is 0 Å². The number of ether oxygens (including phenoxy) is 2. The van der Waals surface area contributed by atoms with Crippen molar-refractivity contribution in [2.45, 2.75) is 0 Å². The maximum Gasteiger partial charge on any atom is 0.226 e. The summed E-state index contributed by atoms with van der Waals surface area (Å²) in [4.78, 5) is 16.4. The van der Waals surface area contributed by atoms with Gasteiger partial charge in [-0.05, 0) is 35.4 Å². The normalized spacial score (nSPS) is 13.9. The molecule has 1 saturated heterocycles. The number of benzene rings is 2. The second-order valence-electron chi connectivity index (χ2n) is 8.23. The zero-order valence-corrected chi connectivity index (χ0v) is 20.3. The Morgan fingerprint density at radius 2 is 1.74 bits per heavy atom. The highest BCUT2D eigenvalue weighted by Crippen LogP contribution is 2.36. The van der Waals surface area contributed by atoms with Gasteiger partial charge in [0.05, 0.1) is 25.9 Å². The molecule has 1 aliphatic rings. The van der Waals surface area contributed by atoms with E-state index in [2.05, 4.69) is 38.8 Å². The Labute approximate surface area is 206 Å². The predicted octanol–water partition coefficient (Wildman–Crippen LogP) is 4.01. The van der Waals surface area contributed by atoms with E-state index in [4.69, 9.17) is 19.4 Å². The fourth-order valence-corrected chi connectivity index (χ4v) is 5.00. The molecule has 3 aromatic heterocycles. The highest BCUT2D eigenvalue weighted by atomic mass is 32.1. The molecular weight excluding hydrogens is 462 g/mol. The van der Waals surface area contributed by atoms with E-state index in [-0.39, 0.29) is 0 Å². The van der Waals surface area contributed by atoms with Crippen molar-refractivity contribution in [3.8, 4) is 22.6 Å². The van der Waals surface area contributed by atoms with Crippen molar-refractivity contribution >= 4 is 44.4 Å². The van der Waals surface area contributed by atoms with Gasteiger partial charge in [-0.1, -0.05) is 12.1 Å². The molecular formula is C25H25N7O2S. The Balaban J connectivity index is 1.51. The minimum atomic E-state index is 0.693. The second-order valence-corrected chi connectivity index (χ2v) is 9.12. The molecule has 10 heteroatoms. The average molecular weight is 488 g/mol. The van der Waals surface area contributed by atoms with Crippen LogP contribution in [0, 0.1) is 0 Å². The summed E-state index contributed by atoms with van der Waals surface area (Å²) in [7, 11) is 3.29. The number of nitrogens with zero attached hydrogens (tertiary/aromatic N) is 5. The first-order valence-corrected chi connectivity index (χ1v) is 12.3. The van der Waals surface area contributed by atoms with Gasteiger partial charge in [-0.25, -0.2) is 19.6 Å². The van der Waals surface area contributed by atoms with Crippen LogP contribution in [0.4, 0.5) is 11.1 Å². The first-order chi connectivity index (χ1) is 17.2. The number of anilines is 2. The van der Waals surface area contributed by atoms with E-state index in [9.17, 15) is 0 Å². The lowest BCUT2D eigenvalue weighted by molar-refractivity contribution is 0.355. The number of hydrogen-bond acceptors (Lipinski definition) is 9. The van der Waals surface area contributed by atoms with Crippen LogP contribution in [0.2, 0.25) is 0 Å². The molecule has 35 heavy (non-hydrogen) atoms. The van der Waals surface area contributed by atoms with Crippen molar-refractivity contribution in [3.05, 3.63) is 54.2 Å². The third-order valence-electron chi connectivity index (χ3n) is 6.25. The van der Waals surface area contributed by atoms with E-state index in [1.165, 1.54) is 0 Å². The standard InChI is InChI=1S/C25H25N7O2S/c1-33-21-6-4-17(14-22(21)34-2)16-3-5-18-19(13-16)32(30-25-27-9-12-35-25)20-15-28-24(29-23(18)20)31-10-7-26-8-11-31/h3-6,9,12-15,26H,7-8,10-11H2,1-2H3,(H,27,30). The number of nitrogens with one attached hydrogen (secondary N) is 2. The number of aromatic nitrogens is 4. The predicted molar refractivity (Wildman–Crippen MR) is 140 cm³/mol. The molecule has 1 aliphatic heterocycles. The zero-order valence-electron chi connectivity index (χ0n) is 19.5. The van der Waals surface area contributed by atoms with Crippen LogP contribution in [0.25, 0.3) is 33.1 Å². The molecule has 0 saturated carbocycles. The summed E-state index contributed by atoms with van der Waals surface area (Å²) in [5.41, 5.74) is 8.33. The molecule has 6 rings (SSSR count). The van der Waals surface area contributed by atoms with E-state index in [0.717, 1.165) is 70.3 Å². The Morgan fingerprint density at radius 1 is 0.943 bits per heavy atom. The molecule has 0 radical (unpaired) electrons. The number of fused-ring (bicyclic) bond motifs is 3. The van der Waals surface area contributed by atoms with Gasteiger partial charge in [-0.3, -0.25) is 5.43 Å². The monoisotopic (exact) mass is 487 g/mol. The molecule has 178 valence electrons. The minimum absolute atomic E-state index is 0.693. The first kappa shape index (κ1) is 21.6. The van der Waals surface area contributed by atoms with E-state index in [0.29, 0.717) is 11.5 Å². The van der Waals surface area contributed by atoms with E-state index in [1.54, 1.807) is 31.8 Å². The molecule has 0 atom stereocenters. The highest BCUT2D eigenvalue weighted by Gasteiger charge is 2.19. The number of rotatable bonds is 6. The molecule has 4 heterocycles. The van der Waals surface area contributed by atoms with Gasteiger partial charge < -0.3 is 19.7 Å². The second kappa shape index (κ2) is 9.05. The maximum atomic E-state index is 5.52. The van der Waals surface area contributed by atoms with Crippen LogP contribution in [0.15, 0.2) is 54.2 Å². The van der Waals surface area contributed by atoms with Gasteiger partial charge in [0.2, 0.25) is 11.1 Å². The summed E-state index contributed by atoms with van der Waals surface area (Å²) in [6.07, 6.45) is 3.69. The quantitative estimate of drug-likeness (QED) is 0.371. The van der Waals surface area contributed by atoms with Crippen LogP contribution in [0.3, 0.4) is 0 Å². The summed E-state index contributed by atoms with van der Waals surface area (Å²) >= 11 is 1.54. The number of hydrogen-bond donors (Lipinski definition) is 2. The highest BCUT2D eigenvalue weighted by molar-refractivity contribution is 7.13. The molecule has 0 bridgehead atoms. The molecule has 1 fully saturated rings. The fourth-order valence-electron chi connectivity index (χ4n) is 4.48. The lowest BCUT2D eigenvalue weighted by Crippen LogP contribution is -2.44. The Kier molecular flexibility index (Phi) is 5.59. The molecule has 0 unspecified atom stereocenters. The fraction of sp³-hybridized carbons (Fsp3) is 0.240. The Hall–Kier alpha value is -3.89. The van der Waals surface area contributed by atoms with Gasteiger partial charge in [0.15, 0.2) is 11.5 Å². The van der Waals surface area contributed by atoms with E-state index in [1.807, 2.05) is 34.5 Å². The van der Waals surface area contributed by atoms with Crippen molar-refractivity contribution in [1.29, 1.82) is 0 Å². The van der Waals surface area contributed by atoms with E-state index >= 15 is 0 Å². The summed E-state index contributed by atoms with van der Waals surface area (Å²) in [5, 5.41) is 7.18. The van der Waals surface area contributed by atoms with Crippen LogP contribution >= 0.6 is 11.3 Å². The molecule has 9 nitrogen and oxygen atoms in total. The van der Waals surface area contributed by atoms with Gasteiger partial charge in [-0.15, -0.1) is 11.3 Å². The van der Waals surface area contributed by atoms with Crippen LogP contribution in [0.5, 0.6) is 11.5 Å². The summed E-state index contributed by atoms with van der Waals surface area (Å²) in [6, 6.07) is 12.3. The molecule has 0 spiro atoms. The van der Waals surface area contributed by atoms with Gasteiger partial charge in [0, 0.05) is 43.1 Å². The molecule has 2 N–H and O–H groups in total. The Bertz CT molecular complexity index is 1490. The third-order valence-corrected chi connectivity index (χ3v) is 6.93.